The van der Waals surface area contributed by atoms with Gasteiger partial charge in [-0.25, -0.2) is 4.79 Å². The summed E-state index contributed by atoms with van der Waals surface area (Å²) >= 11 is 0. The van der Waals surface area contributed by atoms with Gasteiger partial charge in [-0.1, -0.05) is 6.42 Å². The Hall–Kier alpha value is -1.30. The fourth-order valence-corrected chi connectivity index (χ4v) is 3.21. The van der Waals surface area contributed by atoms with E-state index in [0.29, 0.717) is 6.54 Å². The van der Waals surface area contributed by atoms with Crippen molar-refractivity contribution in [3.05, 3.63) is 0 Å². The van der Waals surface area contributed by atoms with Crippen LogP contribution in [-0.4, -0.2) is 66.7 Å². The molecule has 0 spiro atoms. The maximum atomic E-state index is 12.1. The highest BCUT2D eigenvalue weighted by Gasteiger charge is 2.39. The molecule has 0 atom stereocenters. The molecule has 2 rings (SSSR count). The van der Waals surface area contributed by atoms with E-state index in [0.717, 1.165) is 45.4 Å². The number of hydrogen-bond acceptors (Lipinski definition) is 3. The van der Waals surface area contributed by atoms with Crippen molar-refractivity contribution in [1.29, 1.82) is 0 Å². The molecule has 2 fully saturated rings. The molecule has 2 aliphatic rings. The number of carbonyl (C=O) groups excluding carboxylic acids is 1. The van der Waals surface area contributed by atoms with E-state index in [9.17, 15) is 9.59 Å². The van der Waals surface area contributed by atoms with Crippen LogP contribution in [0.15, 0.2) is 0 Å². The van der Waals surface area contributed by atoms with Crippen molar-refractivity contribution in [1.82, 2.24) is 15.1 Å². The van der Waals surface area contributed by atoms with Crippen molar-refractivity contribution in [2.24, 2.45) is 5.41 Å². The number of likely N-dealkylation sites (N-methyl/N-ethyl adjacent to an activating group) is 1. The highest BCUT2D eigenvalue weighted by molar-refractivity contribution is 5.74. The molecule has 1 heterocycles. The number of nitrogens with one attached hydrogen (secondary N) is 1. The van der Waals surface area contributed by atoms with Crippen molar-refractivity contribution < 1.29 is 14.7 Å². The first-order valence-corrected chi connectivity index (χ1v) is 7.94. The number of hydrogen-bond donors (Lipinski definition) is 2. The summed E-state index contributed by atoms with van der Waals surface area (Å²) in [4.78, 5) is 27.1. The van der Waals surface area contributed by atoms with E-state index in [1.165, 1.54) is 12.8 Å². The van der Waals surface area contributed by atoms with Crippen LogP contribution in [0.4, 0.5) is 4.79 Å². The zero-order valence-electron chi connectivity index (χ0n) is 12.9. The van der Waals surface area contributed by atoms with Gasteiger partial charge in [-0.05, 0) is 44.2 Å². The minimum atomic E-state index is -0.772. The van der Waals surface area contributed by atoms with Gasteiger partial charge >= 0.3 is 12.0 Å². The lowest BCUT2D eigenvalue weighted by molar-refractivity contribution is -0.141. The highest BCUT2D eigenvalue weighted by atomic mass is 16.4. The Morgan fingerprint density at radius 2 is 1.90 bits per heavy atom. The average molecular weight is 297 g/mol. The summed E-state index contributed by atoms with van der Waals surface area (Å²) in [6.07, 6.45) is 5.54. The maximum Gasteiger partial charge on any atom is 0.317 e. The summed E-state index contributed by atoms with van der Waals surface area (Å²) in [5, 5.41) is 11.9. The maximum absolute atomic E-state index is 12.1. The Morgan fingerprint density at radius 1 is 1.24 bits per heavy atom. The summed E-state index contributed by atoms with van der Waals surface area (Å²) < 4.78 is 0. The van der Waals surface area contributed by atoms with Gasteiger partial charge in [0.05, 0.1) is 6.42 Å². The topological polar surface area (TPSA) is 72.9 Å². The number of carbonyl (C=O) groups is 2. The molecule has 1 saturated carbocycles. The van der Waals surface area contributed by atoms with Crippen molar-refractivity contribution >= 4 is 12.0 Å². The number of urea groups is 1. The molecule has 0 aromatic heterocycles. The first-order chi connectivity index (χ1) is 10.0. The molecular weight excluding hydrogens is 270 g/mol. The van der Waals surface area contributed by atoms with E-state index in [4.69, 9.17) is 5.11 Å². The predicted molar refractivity (Wildman–Crippen MR) is 80.2 cm³/mol. The number of carboxylic acids is 1. The summed E-state index contributed by atoms with van der Waals surface area (Å²) in [5.74, 6) is -0.772. The van der Waals surface area contributed by atoms with Gasteiger partial charge in [0.15, 0.2) is 0 Å². The van der Waals surface area contributed by atoms with Crippen molar-refractivity contribution in [3.63, 3.8) is 0 Å². The monoisotopic (exact) mass is 297 g/mol. The zero-order chi connectivity index (χ0) is 15.3. The number of aliphatic carboxylic acids is 1. The van der Waals surface area contributed by atoms with Crippen LogP contribution in [0.2, 0.25) is 0 Å². The molecule has 1 saturated heterocycles. The van der Waals surface area contributed by atoms with Gasteiger partial charge in [0, 0.05) is 26.7 Å². The number of rotatable bonds is 7. The molecule has 0 aromatic rings. The van der Waals surface area contributed by atoms with Gasteiger partial charge < -0.3 is 20.2 Å². The van der Waals surface area contributed by atoms with E-state index < -0.39 is 5.97 Å². The van der Waals surface area contributed by atoms with Crippen LogP contribution >= 0.6 is 0 Å². The molecule has 21 heavy (non-hydrogen) atoms. The predicted octanol–water partition coefficient (Wildman–Crippen LogP) is 1.37. The molecule has 0 aromatic carbocycles. The normalized spacial score (nSPS) is 20.8. The van der Waals surface area contributed by atoms with Crippen LogP contribution < -0.4 is 5.32 Å². The fraction of sp³-hybridized carbons (Fsp3) is 0.867. The molecule has 1 aliphatic carbocycles. The largest absolute Gasteiger partial charge is 0.481 e. The number of likely N-dealkylation sites (tertiary alicyclic amines) is 1. The number of amides is 2. The van der Waals surface area contributed by atoms with E-state index >= 15 is 0 Å². The van der Waals surface area contributed by atoms with E-state index in [2.05, 4.69) is 10.2 Å². The average Bonchev–Trinajstić information content (AvgIpc) is 2.91. The Labute approximate surface area is 126 Å². The lowest BCUT2D eigenvalue weighted by Gasteiger charge is -2.41. The second-order valence-corrected chi connectivity index (χ2v) is 6.55. The van der Waals surface area contributed by atoms with Gasteiger partial charge in [0.1, 0.15) is 0 Å². The molecule has 2 N–H and O–H groups in total. The van der Waals surface area contributed by atoms with Gasteiger partial charge in [-0.3, -0.25) is 4.79 Å². The Kier molecular flexibility index (Phi) is 5.45. The van der Waals surface area contributed by atoms with Crippen molar-refractivity contribution in [3.8, 4) is 0 Å². The minimum Gasteiger partial charge on any atom is -0.481 e. The third kappa shape index (κ3) is 4.59. The molecule has 2 amide bonds. The van der Waals surface area contributed by atoms with Crippen LogP contribution in [0.25, 0.3) is 0 Å². The quantitative estimate of drug-likeness (QED) is 0.744. The van der Waals surface area contributed by atoms with E-state index in [-0.39, 0.29) is 17.9 Å². The summed E-state index contributed by atoms with van der Waals surface area (Å²) in [6.45, 7) is 4.39. The molecule has 0 bridgehead atoms. The van der Waals surface area contributed by atoms with E-state index in [1.54, 1.807) is 11.9 Å². The van der Waals surface area contributed by atoms with Gasteiger partial charge in [0.25, 0.3) is 0 Å². The SMILES string of the molecule is CN(CCN1CCCC1)C(=O)NCC1(CC(=O)O)CCC1. The van der Waals surface area contributed by atoms with Crippen LogP contribution in [-0.2, 0) is 4.79 Å². The standard InChI is InChI=1S/C15H27N3O3/c1-17(9-10-18-7-2-3-8-18)14(21)16-12-15(5-4-6-15)11-13(19)20/h2-12H2,1H3,(H,16,21)(H,19,20). The third-order valence-corrected chi connectivity index (χ3v) is 4.85. The van der Waals surface area contributed by atoms with Gasteiger partial charge in [-0.15, -0.1) is 0 Å². The Morgan fingerprint density at radius 3 is 2.43 bits per heavy atom. The Balaban J connectivity index is 1.68. The second-order valence-electron chi connectivity index (χ2n) is 6.55. The molecule has 0 unspecified atom stereocenters. The summed E-state index contributed by atoms with van der Waals surface area (Å²) in [7, 11) is 1.80. The third-order valence-electron chi connectivity index (χ3n) is 4.85. The molecule has 6 nitrogen and oxygen atoms in total. The van der Waals surface area contributed by atoms with Crippen molar-refractivity contribution in [2.75, 3.05) is 39.8 Å². The highest BCUT2D eigenvalue weighted by Crippen LogP contribution is 2.43. The Bertz CT molecular complexity index is 376. The molecular formula is C15H27N3O3. The molecule has 1 aliphatic heterocycles. The van der Waals surface area contributed by atoms with Crippen LogP contribution in [0, 0.1) is 5.41 Å². The zero-order valence-corrected chi connectivity index (χ0v) is 12.9. The van der Waals surface area contributed by atoms with Crippen LogP contribution in [0.1, 0.15) is 38.5 Å². The minimum absolute atomic E-state index is 0.0918. The molecule has 120 valence electrons. The van der Waals surface area contributed by atoms with Crippen molar-refractivity contribution in [2.45, 2.75) is 38.5 Å². The van der Waals surface area contributed by atoms with Crippen LogP contribution in [0.5, 0.6) is 0 Å². The number of nitrogens with zero attached hydrogens (tertiary/aromatic N) is 2. The van der Waals surface area contributed by atoms with E-state index in [1.807, 2.05) is 0 Å². The summed E-state index contributed by atoms with van der Waals surface area (Å²) in [6, 6.07) is -0.0918. The van der Waals surface area contributed by atoms with Gasteiger partial charge in [0.2, 0.25) is 0 Å². The molecule has 6 heteroatoms. The second kappa shape index (κ2) is 7.11. The van der Waals surface area contributed by atoms with Gasteiger partial charge in [-0.2, -0.15) is 0 Å². The lowest BCUT2D eigenvalue weighted by Crippen LogP contribution is -2.48. The summed E-state index contributed by atoms with van der Waals surface area (Å²) in [5.41, 5.74) is -0.211. The lowest BCUT2D eigenvalue weighted by atomic mass is 9.66. The molecule has 0 radical (unpaired) electrons. The van der Waals surface area contributed by atoms with Crippen LogP contribution in [0.3, 0.4) is 0 Å². The fourth-order valence-electron chi connectivity index (χ4n) is 3.21. The number of carboxylic acid groups (broad SMARTS) is 1. The smallest absolute Gasteiger partial charge is 0.317 e. The first-order valence-electron chi connectivity index (χ1n) is 7.94. The first kappa shape index (κ1) is 16.1.